The van der Waals surface area contributed by atoms with Crippen molar-refractivity contribution >= 4 is 23.6 Å². The molecule has 2 rings (SSSR count). The van der Waals surface area contributed by atoms with E-state index in [1.807, 2.05) is 6.07 Å². The summed E-state index contributed by atoms with van der Waals surface area (Å²) in [7, 11) is 1.68. The summed E-state index contributed by atoms with van der Waals surface area (Å²) in [6.45, 7) is 0.165. The van der Waals surface area contributed by atoms with Crippen LogP contribution in [0.3, 0.4) is 0 Å². The number of benzene rings is 2. The zero-order chi connectivity index (χ0) is 20.0. The second kappa shape index (κ2) is 9.40. The molecule has 0 saturated heterocycles. The zero-order valence-electron chi connectivity index (χ0n) is 14.5. The Morgan fingerprint density at radius 2 is 2.04 bits per heavy atom. The van der Waals surface area contributed by atoms with Crippen LogP contribution in [-0.2, 0) is 11.3 Å². The van der Waals surface area contributed by atoms with Gasteiger partial charge in [0.15, 0.2) is 11.6 Å². The predicted molar refractivity (Wildman–Crippen MR) is 97.1 cm³/mol. The lowest BCUT2D eigenvalue weighted by Gasteiger charge is -2.33. The summed E-state index contributed by atoms with van der Waals surface area (Å²) in [5, 5.41) is 12.1. The zero-order valence-corrected chi connectivity index (χ0v) is 15.2. The molecule has 0 amide bonds. The number of hydrogen-bond acceptors (Lipinski definition) is 4. The molecule has 142 valence electrons. The highest BCUT2D eigenvalue weighted by atomic mass is 35.5. The average molecular weight is 396 g/mol. The summed E-state index contributed by atoms with van der Waals surface area (Å²) >= 11 is 6.09. The minimum absolute atomic E-state index is 0.0951. The molecule has 4 nitrogen and oxygen atoms in total. The maximum atomic E-state index is 14.2. The van der Waals surface area contributed by atoms with Gasteiger partial charge < -0.3 is 15.0 Å². The van der Waals surface area contributed by atoms with Gasteiger partial charge in [-0.1, -0.05) is 11.6 Å². The summed E-state index contributed by atoms with van der Waals surface area (Å²) < 4.78 is 41.3. The Labute approximate surface area is 160 Å². The number of carbonyl (C=O) groups excluding carboxylic acids is 1. The first-order valence-electron chi connectivity index (χ1n) is 8.09. The number of anilines is 1. The number of hydrogen-bond donors (Lipinski definition) is 1. The van der Waals surface area contributed by atoms with Crippen molar-refractivity contribution in [1.82, 2.24) is 5.32 Å². The van der Waals surface area contributed by atoms with Crippen LogP contribution in [0, 0.1) is 28.8 Å². The molecule has 27 heavy (non-hydrogen) atoms. The first kappa shape index (κ1) is 20.7. The molecule has 0 bridgehead atoms. The van der Waals surface area contributed by atoms with Gasteiger partial charge >= 0.3 is 0 Å². The molecule has 0 saturated carbocycles. The maximum absolute atomic E-state index is 14.2. The molecule has 8 heteroatoms. The van der Waals surface area contributed by atoms with Crippen molar-refractivity contribution < 1.29 is 18.0 Å². The molecular formula is C19H17ClF3N3O. The SMILES string of the molecule is CNC[C@H](CC=O)N(Cc1cc(F)cc(F)c1F)c1ccc(C#N)c(Cl)c1. The quantitative estimate of drug-likeness (QED) is 0.545. The van der Waals surface area contributed by atoms with Crippen molar-refractivity contribution in [3.05, 3.63) is 63.9 Å². The molecule has 0 aliphatic heterocycles. The van der Waals surface area contributed by atoms with Crippen molar-refractivity contribution in [2.24, 2.45) is 0 Å². The highest BCUT2D eigenvalue weighted by Crippen LogP contribution is 2.28. The Morgan fingerprint density at radius 1 is 1.30 bits per heavy atom. The fraction of sp³-hybridized carbons (Fsp3) is 0.263. The number of rotatable bonds is 8. The number of halogens is 4. The fourth-order valence-corrected chi connectivity index (χ4v) is 3.00. The van der Waals surface area contributed by atoms with Crippen molar-refractivity contribution in [3.8, 4) is 6.07 Å². The van der Waals surface area contributed by atoms with Crippen LogP contribution in [0.25, 0.3) is 0 Å². The van der Waals surface area contributed by atoms with E-state index in [0.717, 1.165) is 6.07 Å². The lowest BCUT2D eigenvalue weighted by Crippen LogP contribution is -2.42. The van der Waals surface area contributed by atoms with Crippen LogP contribution in [0.5, 0.6) is 0 Å². The van der Waals surface area contributed by atoms with Gasteiger partial charge in [-0.05, 0) is 31.3 Å². The highest BCUT2D eigenvalue weighted by molar-refractivity contribution is 6.32. The molecular weight excluding hydrogens is 379 g/mol. The van der Waals surface area contributed by atoms with E-state index in [9.17, 15) is 18.0 Å². The molecule has 2 aromatic carbocycles. The molecule has 0 fully saturated rings. The Kier molecular flexibility index (Phi) is 7.22. The standard InChI is InChI=1S/C19H17ClF3N3O/c1-25-10-16(4-5-27)26(15-3-2-12(9-24)17(20)8-15)11-13-6-14(21)7-18(22)19(13)23/h2-3,5-8,16,25H,4,10-11H2,1H3/t16-/m0/s1. The minimum Gasteiger partial charge on any atom is -0.362 e. The third-order valence-electron chi connectivity index (χ3n) is 4.06. The van der Waals surface area contributed by atoms with E-state index in [4.69, 9.17) is 16.9 Å². The molecule has 0 heterocycles. The van der Waals surface area contributed by atoms with Gasteiger partial charge in [-0.3, -0.25) is 0 Å². The van der Waals surface area contributed by atoms with Crippen molar-refractivity contribution in [1.29, 1.82) is 5.26 Å². The lowest BCUT2D eigenvalue weighted by atomic mass is 10.1. The summed E-state index contributed by atoms with van der Waals surface area (Å²) in [5.74, 6) is -3.35. The normalized spacial score (nSPS) is 11.7. The van der Waals surface area contributed by atoms with E-state index >= 15 is 0 Å². The number of nitriles is 1. The van der Waals surface area contributed by atoms with Crippen LogP contribution in [0.2, 0.25) is 5.02 Å². The molecule has 2 aromatic rings. The van der Waals surface area contributed by atoms with Crippen LogP contribution in [0.15, 0.2) is 30.3 Å². The van der Waals surface area contributed by atoms with Gasteiger partial charge in [0.1, 0.15) is 18.2 Å². The fourth-order valence-electron chi connectivity index (χ4n) is 2.78. The third-order valence-corrected chi connectivity index (χ3v) is 4.38. The molecule has 1 N–H and O–H groups in total. The van der Waals surface area contributed by atoms with Gasteiger partial charge in [-0.2, -0.15) is 5.26 Å². The first-order chi connectivity index (χ1) is 12.9. The van der Waals surface area contributed by atoms with Gasteiger partial charge in [0.2, 0.25) is 0 Å². The predicted octanol–water partition coefficient (Wildman–Crippen LogP) is 3.81. The van der Waals surface area contributed by atoms with E-state index in [0.29, 0.717) is 24.6 Å². The van der Waals surface area contributed by atoms with Crippen molar-refractivity contribution in [3.63, 3.8) is 0 Å². The number of nitrogens with one attached hydrogen (secondary N) is 1. The third kappa shape index (κ3) is 5.00. The first-order valence-corrected chi connectivity index (χ1v) is 8.47. The van der Waals surface area contributed by atoms with Gasteiger partial charge in [-0.15, -0.1) is 0 Å². The van der Waals surface area contributed by atoms with Gasteiger partial charge in [-0.25, -0.2) is 13.2 Å². The second-order valence-corrected chi connectivity index (χ2v) is 6.29. The van der Waals surface area contributed by atoms with Crippen LogP contribution >= 0.6 is 11.6 Å². The summed E-state index contributed by atoms with van der Waals surface area (Å²) in [6.07, 6.45) is 0.806. The molecule has 0 radical (unpaired) electrons. The van der Waals surface area contributed by atoms with Crippen molar-refractivity contribution in [2.45, 2.75) is 19.0 Å². The second-order valence-electron chi connectivity index (χ2n) is 5.88. The Hall–Kier alpha value is -2.56. The van der Waals surface area contributed by atoms with Gasteiger partial charge in [0.05, 0.1) is 10.6 Å². The van der Waals surface area contributed by atoms with Gasteiger partial charge in [0, 0.05) is 42.9 Å². The number of aldehydes is 1. The highest BCUT2D eigenvalue weighted by Gasteiger charge is 2.22. The van der Waals surface area contributed by atoms with Gasteiger partial charge in [0.25, 0.3) is 0 Å². The number of carbonyl (C=O) groups is 1. The summed E-state index contributed by atoms with van der Waals surface area (Å²) in [4.78, 5) is 12.7. The molecule has 0 spiro atoms. The number of likely N-dealkylation sites (N-methyl/N-ethyl adjacent to an activating group) is 1. The topological polar surface area (TPSA) is 56.1 Å². The number of nitrogens with zero attached hydrogens (tertiary/aromatic N) is 2. The van der Waals surface area contributed by atoms with E-state index in [-0.39, 0.29) is 29.1 Å². The average Bonchev–Trinajstić information content (AvgIpc) is 2.63. The van der Waals surface area contributed by atoms with Crippen LogP contribution < -0.4 is 10.2 Å². The monoisotopic (exact) mass is 395 g/mol. The van der Waals surface area contributed by atoms with Crippen molar-refractivity contribution in [2.75, 3.05) is 18.5 Å². The van der Waals surface area contributed by atoms with E-state index < -0.39 is 23.5 Å². The Balaban J connectivity index is 2.51. The van der Waals surface area contributed by atoms with E-state index in [1.165, 1.54) is 12.1 Å². The smallest absolute Gasteiger partial charge is 0.164 e. The van der Waals surface area contributed by atoms with E-state index in [2.05, 4.69) is 5.32 Å². The molecule has 0 aliphatic carbocycles. The van der Waals surface area contributed by atoms with Crippen LogP contribution in [0.1, 0.15) is 17.5 Å². The van der Waals surface area contributed by atoms with E-state index in [1.54, 1.807) is 18.0 Å². The lowest BCUT2D eigenvalue weighted by molar-refractivity contribution is -0.108. The summed E-state index contributed by atoms with van der Waals surface area (Å²) in [6, 6.07) is 7.47. The minimum atomic E-state index is -1.29. The molecule has 1 atom stereocenters. The Morgan fingerprint density at radius 3 is 2.63 bits per heavy atom. The van der Waals surface area contributed by atoms with Crippen LogP contribution in [-0.4, -0.2) is 25.9 Å². The largest absolute Gasteiger partial charge is 0.362 e. The summed E-state index contributed by atoms with van der Waals surface area (Å²) in [5.41, 5.74) is 0.550. The maximum Gasteiger partial charge on any atom is 0.164 e. The molecule has 0 aliphatic rings. The molecule has 0 aromatic heterocycles. The van der Waals surface area contributed by atoms with Crippen LogP contribution in [0.4, 0.5) is 18.9 Å². The molecule has 0 unspecified atom stereocenters. The Bertz CT molecular complexity index is 870.